The molecule has 3 aromatic rings. The molecular formula is C25H30N4O2. The fraction of sp³-hybridized carbons (Fsp3) is 0.400. The average molecular weight is 419 g/mol. The number of H-pyrrole nitrogens is 1. The van der Waals surface area contributed by atoms with Crippen molar-refractivity contribution in [1.29, 1.82) is 0 Å². The number of hydrogen-bond donors (Lipinski definition) is 1. The highest BCUT2D eigenvalue weighted by atomic mass is 16.5. The molecule has 1 atom stereocenters. The van der Waals surface area contributed by atoms with E-state index in [1.54, 1.807) is 12.4 Å². The minimum absolute atomic E-state index is 0.168. The number of pyridine rings is 1. The van der Waals surface area contributed by atoms with Gasteiger partial charge in [0, 0.05) is 43.5 Å². The number of amides is 1. The van der Waals surface area contributed by atoms with Crippen LogP contribution in [0.3, 0.4) is 0 Å². The molecular weight excluding hydrogens is 388 g/mol. The van der Waals surface area contributed by atoms with Gasteiger partial charge in [-0.2, -0.15) is 5.10 Å². The highest BCUT2D eigenvalue weighted by Crippen LogP contribution is 2.27. The molecule has 4 rings (SSSR count). The Hall–Kier alpha value is -3.15. The van der Waals surface area contributed by atoms with Crippen LogP contribution in [0, 0.1) is 0 Å². The van der Waals surface area contributed by atoms with E-state index in [1.807, 2.05) is 29.2 Å². The summed E-state index contributed by atoms with van der Waals surface area (Å²) >= 11 is 0. The first kappa shape index (κ1) is 21.1. The first-order chi connectivity index (χ1) is 15.1. The molecule has 1 aliphatic rings. The molecule has 0 bridgehead atoms. The number of likely N-dealkylation sites (tertiary alicyclic amines) is 1. The van der Waals surface area contributed by atoms with Crippen molar-refractivity contribution in [2.75, 3.05) is 19.7 Å². The van der Waals surface area contributed by atoms with Gasteiger partial charge in [-0.05, 0) is 53.8 Å². The van der Waals surface area contributed by atoms with Crippen LogP contribution in [0.2, 0.25) is 0 Å². The van der Waals surface area contributed by atoms with Gasteiger partial charge in [-0.25, -0.2) is 0 Å². The van der Waals surface area contributed by atoms with Crippen LogP contribution < -0.4 is 4.74 Å². The number of benzene rings is 1. The smallest absolute Gasteiger partial charge is 0.227 e. The van der Waals surface area contributed by atoms with Gasteiger partial charge in [0.1, 0.15) is 5.75 Å². The second-order valence-electron chi connectivity index (χ2n) is 8.50. The van der Waals surface area contributed by atoms with Crippen molar-refractivity contribution in [2.24, 2.45) is 0 Å². The third kappa shape index (κ3) is 5.51. The fourth-order valence-electron chi connectivity index (χ4n) is 3.96. The maximum Gasteiger partial charge on any atom is 0.227 e. The fourth-order valence-corrected chi connectivity index (χ4v) is 3.96. The molecule has 1 N–H and O–H groups in total. The van der Waals surface area contributed by atoms with Gasteiger partial charge in [-0.15, -0.1) is 0 Å². The van der Waals surface area contributed by atoms with Crippen LogP contribution in [-0.2, 0) is 17.6 Å². The topological polar surface area (TPSA) is 71.1 Å². The lowest BCUT2D eigenvalue weighted by molar-refractivity contribution is -0.129. The predicted molar refractivity (Wildman–Crippen MR) is 120 cm³/mol. The van der Waals surface area contributed by atoms with Crippen molar-refractivity contribution in [3.8, 4) is 5.75 Å². The molecule has 6 nitrogen and oxygen atoms in total. The predicted octanol–water partition coefficient (Wildman–Crippen LogP) is 4.11. The maximum atomic E-state index is 12.6. The monoisotopic (exact) mass is 418 g/mol. The summed E-state index contributed by atoms with van der Waals surface area (Å²) in [5.74, 6) is 1.87. The molecule has 1 amide bonds. The van der Waals surface area contributed by atoms with Gasteiger partial charge in [0.05, 0.1) is 18.7 Å². The van der Waals surface area contributed by atoms with Crippen LogP contribution >= 0.6 is 0 Å². The van der Waals surface area contributed by atoms with E-state index in [0.29, 0.717) is 18.9 Å². The molecule has 6 heteroatoms. The molecule has 3 heterocycles. The highest BCUT2D eigenvalue weighted by Gasteiger charge is 2.28. The Morgan fingerprint density at radius 1 is 1.19 bits per heavy atom. The molecule has 31 heavy (non-hydrogen) atoms. The molecule has 0 radical (unpaired) electrons. The van der Waals surface area contributed by atoms with Crippen molar-refractivity contribution in [2.45, 2.75) is 44.9 Å². The van der Waals surface area contributed by atoms with Gasteiger partial charge in [-0.3, -0.25) is 14.9 Å². The Labute approximate surface area is 183 Å². The van der Waals surface area contributed by atoms with Gasteiger partial charge < -0.3 is 9.64 Å². The molecule has 162 valence electrons. The molecule has 0 spiro atoms. The summed E-state index contributed by atoms with van der Waals surface area (Å²) in [6, 6.07) is 14.2. The van der Waals surface area contributed by atoms with Gasteiger partial charge in [0.15, 0.2) is 0 Å². The van der Waals surface area contributed by atoms with Crippen LogP contribution in [0.5, 0.6) is 5.75 Å². The number of carbonyl (C=O) groups is 1. The number of rotatable bonds is 8. The Bertz CT molecular complexity index is 982. The van der Waals surface area contributed by atoms with E-state index in [9.17, 15) is 4.79 Å². The number of nitrogens with zero attached hydrogens (tertiary/aromatic N) is 3. The maximum absolute atomic E-state index is 12.6. The zero-order chi connectivity index (χ0) is 21.6. The first-order valence-electron chi connectivity index (χ1n) is 11.0. The highest BCUT2D eigenvalue weighted by molar-refractivity contribution is 5.79. The number of nitrogens with one attached hydrogen (secondary N) is 1. The Kier molecular flexibility index (Phi) is 6.65. The third-order valence-corrected chi connectivity index (χ3v) is 5.90. The molecule has 1 saturated heterocycles. The zero-order valence-corrected chi connectivity index (χ0v) is 18.3. The van der Waals surface area contributed by atoms with E-state index in [-0.39, 0.29) is 11.8 Å². The molecule has 1 aromatic carbocycles. The van der Waals surface area contributed by atoms with Crippen LogP contribution in [0.4, 0.5) is 0 Å². The normalized spacial score (nSPS) is 16.1. The van der Waals surface area contributed by atoms with E-state index in [2.05, 4.69) is 47.2 Å². The summed E-state index contributed by atoms with van der Waals surface area (Å²) in [6.45, 7) is 6.49. The largest absolute Gasteiger partial charge is 0.493 e. The van der Waals surface area contributed by atoms with E-state index in [1.165, 1.54) is 5.56 Å². The van der Waals surface area contributed by atoms with Crippen LogP contribution in [0.15, 0.2) is 54.9 Å². The Morgan fingerprint density at radius 3 is 2.71 bits per heavy atom. The second-order valence-corrected chi connectivity index (χ2v) is 8.50. The first-order valence-corrected chi connectivity index (χ1v) is 11.0. The quantitative estimate of drug-likeness (QED) is 0.598. The summed E-state index contributed by atoms with van der Waals surface area (Å²) in [4.78, 5) is 18.5. The average Bonchev–Trinajstić information content (AvgIpc) is 3.45. The molecule has 0 saturated carbocycles. The lowest BCUT2D eigenvalue weighted by atomic mass is 10.0. The minimum Gasteiger partial charge on any atom is -0.493 e. The third-order valence-electron chi connectivity index (χ3n) is 5.90. The number of carbonyl (C=O) groups excluding carboxylic acids is 1. The van der Waals surface area contributed by atoms with Crippen LogP contribution in [0.1, 0.15) is 54.6 Å². The van der Waals surface area contributed by atoms with E-state index >= 15 is 0 Å². The summed E-state index contributed by atoms with van der Waals surface area (Å²) in [5, 5.41) is 7.64. The number of aromatic amines is 1. The van der Waals surface area contributed by atoms with Gasteiger partial charge in [0.25, 0.3) is 0 Å². The zero-order valence-electron chi connectivity index (χ0n) is 18.3. The second kappa shape index (κ2) is 9.77. The molecule has 2 aromatic heterocycles. The van der Waals surface area contributed by atoms with Gasteiger partial charge >= 0.3 is 0 Å². The summed E-state index contributed by atoms with van der Waals surface area (Å²) in [5.41, 5.74) is 4.42. The lowest BCUT2D eigenvalue weighted by Gasteiger charge is -2.16. The van der Waals surface area contributed by atoms with Crippen molar-refractivity contribution in [1.82, 2.24) is 20.1 Å². The van der Waals surface area contributed by atoms with Crippen LogP contribution in [0.25, 0.3) is 0 Å². The Balaban J connectivity index is 1.24. The minimum atomic E-state index is 0.168. The van der Waals surface area contributed by atoms with Gasteiger partial charge in [-0.1, -0.05) is 26.0 Å². The number of ether oxygens (including phenoxy) is 1. The number of hydrogen-bond acceptors (Lipinski definition) is 4. The molecule has 0 unspecified atom stereocenters. The van der Waals surface area contributed by atoms with E-state index < -0.39 is 0 Å². The molecule has 1 fully saturated rings. The molecule has 1 aliphatic heterocycles. The summed E-state index contributed by atoms with van der Waals surface area (Å²) < 4.78 is 5.88. The van der Waals surface area contributed by atoms with Crippen molar-refractivity contribution in [3.63, 3.8) is 0 Å². The van der Waals surface area contributed by atoms with Crippen molar-refractivity contribution >= 4 is 5.91 Å². The van der Waals surface area contributed by atoms with Crippen molar-refractivity contribution < 1.29 is 9.53 Å². The summed E-state index contributed by atoms with van der Waals surface area (Å²) in [7, 11) is 0. The Morgan fingerprint density at radius 2 is 1.97 bits per heavy atom. The standard InChI is InChI=1S/C25H30N4O2/c1-18(2)20-3-5-23(6-4-20)31-14-10-22-16-24(28-27-22)21-9-13-29(17-21)25(30)15-19-7-11-26-12-8-19/h3-8,11-12,16,18,21H,9-10,13-15,17H2,1-2H3,(H,27,28)/t21-/m0/s1. The lowest BCUT2D eigenvalue weighted by Crippen LogP contribution is -2.29. The molecule has 0 aliphatic carbocycles. The SMILES string of the molecule is CC(C)c1ccc(OCCc2cc([C@H]3CCN(C(=O)Cc4ccncc4)C3)n[nH]2)cc1. The summed E-state index contributed by atoms with van der Waals surface area (Å²) in [6.07, 6.45) is 5.61. The van der Waals surface area contributed by atoms with Crippen LogP contribution in [-0.4, -0.2) is 45.7 Å². The van der Waals surface area contributed by atoms with E-state index in [4.69, 9.17) is 4.74 Å². The van der Waals surface area contributed by atoms with E-state index in [0.717, 1.165) is 48.6 Å². The number of aromatic nitrogens is 3. The van der Waals surface area contributed by atoms with Crippen molar-refractivity contribution in [3.05, 3.63) is 77.4 Å². The van der Waals surface area contributed by atoms with Gasteiger partial charge in [0.2, 0.25) is 5.91 Å².